The summed E-state index contributed by atoms with van der Waals surface area (Å²) < 4.78 is 42.8. The molecular formula is C20H23Cl2F3N2O. The molecule has 0 spiro atoms. The average molecular weight is 435 g/mol. The number of hydrogen-bond acceptors (Lipinski definition) is 3. The van der Waals surface area contributed by atoms with E-state index >= 15 is 0 Å². The lowest BCUT2D eigenvalue weighted by atomic mass is 9.81. The van der Waals surface area contributed by atoms with Gasteiger partial charge in [0, 0.05) is 11.6 Å². The van der Waals surface area contributed by atoms with Crippen molar-refractivity contribution in [1.29, 1.82) is 0 Å². The Morgan fingerprint density at radius 3 is 2.54 bits per heavy atom. The minimum atomic E-state index is -4.39. The summed E-state index contributed by atoms with van der Waals surface area (Å²) in [5.74, 6) is 6.64. The van der Waals surface area contributed by atoms with Crippen molar-refractivity contribution in [3.05, 3.63) is 64.7 Å². The smallest absolute Gasteiger partial charge is 0.422 e. The molecule has 1 heterocycles. The molecule has 2 aromatic rings. The topological polar surface area (TPSA) is 38.5 Å². The molecule has 0 unspecified atom stereocenters. The summed E-state index contributed by atoms with van der Waals surface area (Å²) in [5, 5.41) is 2.30. The van der Waals surface area contributed by atoms with E-state index in [1.807, 2.05) is 35.3 Å². The molecule has 2 atom stereocenters. The molecule has 154 valence electrons. The van der Waals surface area contributed by atoms with Crippen molar-refractivity contribution in [2.24, 2.45) is 11.8 Å². The van der Waals surface area contributed by atoms with Crippen molar-refractivity contribution in [2.45, 2.75) is 31.5 Å². The van der Waals surface area contributed by atoms with E-state index in [2.05, 4.69) is 0 Å². The first kappa shape index (κ1) is 22.8. The highest BCUT2D eigenvalue weighted by Gasteiger charge is 2.32. The largest absolute Gasteiger partial charge is 0.484 e. The Morgan fingerprint density at radius 2 is 1.86 bits per heavy atom. The van der Waals surface area contributed by atoms with Gasteiger partial charge in [0.2, 0.25) is 0 Å². The van der Waals surface area contributed by atoms with Crippen LogP contribution in [0.4, 0.5) is 13.2 Å². The summed E-state index contributed by atoms with van der Waals surface area (Å²) in [7, 11) is 0. The van der Waals surface area contributed by atoms with Crippen LogP contribution in [0.1, 0.15) is 30.0 Å². The molecule has 3 nitrogen and oxygen atoms in total. The Bertz CT molecular complexity index is 759. The van der Waals surface area contributed by atoms with Gasteiger partial charge in [0.15, 0.2) is 6.61 Å². The third-order valence-corrected chi connectivity index (χ3v) is 5.07. The second kappa shape index (κ2) is 9.83. The van der Waals surface area contributed by atoms with Crippen molar-refractivity contribution in [2.75, 3.05) is 13.2 Å². The first-order valence-corrected chi connectivity index (χ1v) is 9.25. The highest BCUT2D eigenvalue weighted by molar-refractivity contribution is 6.30. The van der Waals surface area contributed by atoms with Crippen LogP contribution < -0.4 is 10.6 Å². The van der Waals surface area contributed by atoms with Crippen molar-refractivity contribution in [3.63, 3.8) is 0 Å². The molecular weight excluding hydrogens is 412 g/mol. The van der Waals surface area contributed by atoms with E-state index in [1.165, 1.54) is 6.07 Å². The summed E-state index contributed by atoms with van der Waals surface area (Å²) in [6.45, 7) is -0.541. The molecule has 8 heteroatoms. The van der Waals surface area contributed by atoms with Crippen LogP contribution in [0.15, 0.2) is 48.5 Å². The summed E-state index contributed by atoms with van der Waals surface area (Å²) in [6.07, 6.45) is -1.98. The zero-order valence-corrected chi connectivity index (χ0v) is 16.7. The second-order valence-corrected chi connectivity index (χ2v) is 7.29. The third kappa shape index (κ3) is 6.01. The van der Waals surface area contributed by atoms with Gasteiger partial charge in [0.25, 0.3) is 0 Å². The van der Waals surface area contributed by atoms with E-state index in [-0.39, 0.29) is 30.1 Å². The first-order valence-electron chi connectivity index (χ1n) is 8.88. The number of benzene rings is 2. The van der Waals surface area contributed by atoms with E-state index in [0.29, 0.717) is 17.0 Å². The van der Waals surface area contributed by atoms with Gasteiger partial charge in [-0.25, -0.2) is 5.01 Å². The van der Waals surface area contributed by atoms with Crippen LogP contribution in [-0.4, -0.2) is 24.3 Å². The minimum absolute atomic E-state index is 0. The van der Waals surface area contributed by atoms with Crippen molar-refractivity contribution in [3.8, 4) is 5.75 Å². The maximum atomic E-state index is 12.6. The molecule has 0 radical (unpaired) electrons. The highest BCUT2D eigenvalue weighted by Crippen LogP contribution is 2.38. The van der Waals surface area contributed by atoms with Gasteiger partial charge >= 0.3 is 6.18 Å². The fraction of sp³-hybridized carbons (Fsp3) is 0.400. The van der Waals surface area contributed by atoms with E-state index in [4.69, 9.17) is 22.2 Å². The van der Waals surface area contributed by atoms with Gasteiger partial charge in [-0.2, -0.15) is 13.2 Å². The number of piperidine rings is 1. The molecule has 1 fully saturated rings. The van der Waals surface area contributed by atoms with Gasteiger partial charge in [0.05, 0.1) is 6.04 Å². The molecule has 2 aromatic carbocycles. The Hall–Kier alpha value is -1.47. The fourth-order valence-corrected chi connectivity index (χ4v) is 3.92. The van der Waals surface area contributed by atoms with E-state index in [9.17, 15) is 13.2 Å². The van der Waals surface area contributed by atoms with E-state index < -0.39 is 12.8 Å². The molecule has 1 aliphatic rings. The quantitative estimate of drug-likeness (QED) is 0.624. The van der Waals surface area contributed by atoms with Crippen LogP contribution in [-0.2, 0) is 6.42 Å². The first-order chi connectivity index (χ1) is 12.8. The molecule has 28 heavy (non-hydrogen) atoms. The number of nitrogens with two attached hydrogens (primary N) is 1. The fourth-order valence-electron chi connectivity index (χ4n) is 3.72. The number of alkyl halides is 3. The van der Waals surface area contributed by atoms with Gasteiger partial charge in [-0.05, 0) is 54.5 Å². The minimum Gasteiger partial charge on any atom is -0.484 e. The van der Waals surface area contributed by atoms with Crippen LogP contribution >= 0.6 is 24.0 Å². The number of nitrogens with zero attached hydrogens (tertiary/aromatic N) is 1. The number of ether oxygens (including phenoxy) is 1. The van der Waals surface area contributed by atoms with E-state index in [1.54, 1.807) is 12.1 Å². The maximum Gasteiger partial charge on any atom is 0.422 e. The van der Waals surface area contributed by atoms with Gasteiger partial charge in [-0.3, -0.25) is 5.84 Å². The molecule has 3 rings (SSSR count). The standard InChI is InChI=1S/C20H22ClF3N2O.ClH/c21-17-8-9-18(27-13-20(22,23)24)16(12-17)11-15-7-4-10-26(25)19(15)14-5-2-1-3-6-14;/h1-3,5-6,8-9,12,15,19H,4,7,10-11,13,25H2;1H/t15-,19+;/m0./s1. The average Bonchev–Trinajstić information content (AvgIpc) is 2.61. The van der Waals surface area contributed by atoms with Gasteiger partial charge in [0.1, 0.15) is 5.75 Å². The summed E-state index contributed by atoms with van der Waals surface area (Å²) in [4.78, 5) is 0. The van der Waals surface area contributed by atoms with E-state index in [0.717, 1.165) is 24.9 Å². The molecule has 0 aliphatic carbocycles. The Balaban J connectivity index is 0.00000280. The lowest BCUT2D eigenvalue weighted by molar-refractivity contribution is -0.153. The number of rotatable bonds is 5. The molecule has 0 saturated carbocycles. The maximum absolute atomic E-state index is 12.6. The monoisotopic (exact) mass is 434 g/mol. The number of hydrazine groups is 1. The zero-order valence-electron chi connectivity index (χ0n) is 15.2. The van der Waals surface area contributed by atoms with Crippen LogP contribution in [0, 0.1) is 5.92 Å². The predicted octanol–water partition coefficient (Wildman–Crippen LogP) is 5.57. The van der Waals surface area contributed by atoms with Gasteiger partial charge < -0.3 is 4.74 Å². The van der Waals surface area contributed by atoms with Crippen LogP contribution in [0.2, 0.25) is 5.02 Å². The SMILES string of the molecule is Cl.NN1CCC[C@@H](Cc2cc(Cl)ccc2OCC(F)(F)F)[C@H]1c1ccccc1. The van der Waals surface area contributed by atoms with Crippen molar-refractivity contribution >= 4 is 24.0 Å². The van der Waals surface area contributed by atoms with Crippen LogP contribution in [0.3, 0.4) is 0 Å². The predicted molar refractivity (Wildman–Crippen MR) is 107 cm³/mol. The Morgan fingerprint density at radius 1 is 1.14 bits per heavy atom. The Kier molecular flexibility index (Phi) is 8.01. The van der Waals surface area contributed by atoms with Crippen LogP contribution in [0.25, 0.3) is 0 Å². The lowest BCUT2D eigenvalue weighted by Crippen LogP contribution is -2.44. The molecule has 0 bridgehead atoms. The lowest BCUT2D eigenvalue weighted by Gasteiger charge is -2.39. The second-order valence-electron chi connectivity index (χ2n) is 6.86. The third-order valence-electron chi connectivity index (χ3n) is 4.83. The Labute approximate surface area is 174 Å². The number of halogens is 5. The number of hydrogen-bond donors (Lipinski definition) is 1. The molecule has 0 amide bonds. The summed E-state index contributed by atoms with van der Waals surface area (Å²) in [5.41, 5.74) is 1.78. The summed E-state index contributed by atoms with van der Waals surface area (Å²) in [6, 6.07) is 14.7. The molecule has 0 aromatic heterocycles. The van der Waals surface area contributed by atoms with Crippen LogP contribution in [0.5, 0.6) is 5.75 Å². The highest BCUT2D eigenvalue weighted by atomic mass is 35.5. The van der Waals surface area contributed by atoms with Crippen molar-refractivity contribution < 1.29 is 17.9 Å². The zero-order chi connectivity index (χ0) is 19.4. The molecule has 1 aliphatic heterocycles. The van der Waals surface area contributed by atoms with Gasteiger partial charge in [-0.1, -0.05) is 41.9 Å². The molecule has 2 N–H and O–H groups in total. The summed E-state index contributed by atoms with van der Waals surface area (Å²) >= 11 is 6.09. The van der Waals surface area contributed by atoms with Gasteiger partial charge in [-0.15, -0.1) is 12.4 Å². The normalized spacial score (nSPS) is 20.5. The van der Waals surface area contributed by atoms with Crippen molar-refractivity contribution in [1.82, 2.24) is 5.01 Å². The molecule has 1 saturated heterocycles.